The van der Waals surface area contributed by atoms with Crippen molar-refractivity contribution in [2.24, 2.45) is 11.1 Å². The number of nitrogens with two attached hydrogens (primary N) is 1. The van der Waals surface area contributed by atoms with E-state index in [0.29, 0.717) is 6.54 Å². The molecule has 0 radical (unpaired) electrons. The number of aromatic amines is 1. The van der Waals surface area contributed by atoms with Gasteiger partial charge in [-0.3, -0.25) is 5.10 Å². The van der Waals surface area contributed by atoms with E-state index >= 15 is 0 Å². The highest BCUT2D eigenvalue weighted by Crippen LogP contribution is 2.28. The van der Waals surface area contributed by atoms with E-state index < -0.39 is 0 Å². The van der Waals surface area contributed by atoms with Crippen molar-refractivity contribution >= 4 is 0 Å². The van der Waals surface area contributed by atoms with E-state index in [1.807, 2.05) is 6.20 Å². The summed E-state index contributed by atoms with van der Waals surface area (Å²) in [6.07, 6.45) is 2.91. The smallest absolute Gasteiger partial charge is 0.0522 e. The third kappa shape index (κ3) is 3.06. The molecule has 1 heterocycles. The molecule has 0 unspecified atom stereocenters. The maximum absolute atomic E-state index is 5.75. The van der Waals surface area contributed by atoms with Crippen molar-refractivity contribution < 1.29 is 0 Å². The molecule has 1 aromatic heterocycles. The highest BCUT2D eigenvalue weighted by atomic mass is 15.1. The largest absolute Gasteiger partial charge is 0.330 e. The summed E-state index contributed by atoms with van der Waals surface area (Å²) in [5.74, 6) is 0. The molecule has 0 aliphatic rings. The number of hydrogen-bond donors (Lipinski definition) is 2. The second-order valence-corrected chi connectivity index (χ2v) is 6.07. The summed E-state index contributed by atoms with van der Waals surface area (Å²) in [6.45, 7) is 11.7. The summed E-state index contributed by atoms with van der Waals surface area (Å²) in [5, 5.41) is 7.24. The van der Waals surface area contributed by atoms with E-state index in [-0.39, 0.29) is 10.8 Å². The first kappa shape index (κ1) is 12.2. The lowest BCUT2D eigenvalue weighted by molar-refractivity contribution is 0.373. The highest BCUT2D eigenvalue weighted by Gasteiger charge is 2.24. The molecule has 0 saturated carbocycles. The van der Waals surface area contributed by atoms with E-state index in [0.717, 1.165) is 6.42 Å². The number of hydrogen-bond acceptors (Lipinski definition) is 2. The number of aromatic nitrogens is 2. The van der Waals surface area contributed by atoms with Gasteiger partial charge >= 0.3 is 0 Å². The Balaban J connectivity index is 2.92. The average molecular weight is 209 g/mol. The van der Waals surface area contributed by atoms with Crippen LogP contribution in [-0.4, -0.2) is 16.7 Å². The van der Waals surface area contributed by atoms with Gasteiger partial charge in [-0.15, -0.1) is 0 Å². The molecule has 0 bridgehead atoms. The SMILES string of the molecule is CC(C)(CN)Cc1cn[nH]c1C(C)(C)C. The van der Waals surface area contributed by atoms with E-state index in [9.17, 15) is 0 Å². The van der Waals surface area contributed by atoms with E-state index in [4.69, 9.17) is 5.73 Å². The molecule has 0 spiro atoms. The fourth-order valence-electron chi connectivity index (χ4n) is 1.68. The summed E-state index contributed by atoms with van der Waals surface area (Å²) in [7, 11) is 0. The van der Waals surface area contributed by atoms with Gasteiger partial charge in [0.05, 0.1) is 6.20 Å². The maximum Gasteiger partial charge on any atom is 0.0522 e. The van der Waals surface area contributed by atoms with Crippen LogP contribution < -0.4 is 5.73 Å². The monoisotopic (exact) mass is 209 g/mol. The van der Waals surface area contributed by atoms with Gasteiger partial charge in [-0.2, -0.15) is 5.10 Å². The van der Waals surface area contributed by atoms with Crippen molar-refractivity contribution in [2.75, 3.05) is 6.54 Å². The van der Waals surface area contributed by atoms with Crippen molar-refractivity contribution in [3.05, 3.63) is 17.5 Å². The normalized spacial score (nSPS) is 13.2. The van der Waals surface area contributed by atoms with Crippen LogP contribution in [0.1, 0.15) is 45.9 Å². The molecule has 0 aromatic carbocycles. The Morgan fingerprint density at radius 3 is 2.33 bits per heavy atom. The summed E-state index contributed by atoms with van der Waals surface area (Å²) < 4.78 is 0. The lowest BCUT2D eigenvalue weighted by Gasteiger charge is -2.25. The Labute approximate surface area is 92.5 Å². The second-order valence-electron chi connectivity index (χ2n) is 6.07. The Morgan fingerprint density at radius 1 is 1.27 bits per heavy atom. The molecular weight excluding hydrogens is 186 g/mol. The molecule has 15 heavy (non-hydrogen) atoms. The Morgan fingerprint density at radius 2 is 1.87 bits per heavy atom. The lowest BCUT2D eigenvalue weighted by atomic mass is 9.81. The molecular formula is C12H23N3. The van der Waals surface area contributed by atoms with E-state index in [1.54, 1.807) is 0 Å². The standard InChI is InChI=1S/C12H23N3/c1-11(2,3)10-9(7-14-15-10)6-12(4,5)8-13/h7H,6,8,13H2,1-5H3,(H,14,15). The minimum atomic E-state index is 0.122. The Kier molecular flexibility index (Phi) is 3.24. The number of nitrogens with one attached hydrogen (secondary N) is 1. The predicted octanol–water partition coefficient (Wildman–Crippen LogP) is 2.23. The average Bonchev–Trinajstić information content (AvgIpc) is 2.50. The molecule has 0 aliphatic heterocycles. The Bertz CT molecular complexity index is 318. The quantitative estimate of drug-likeness (QED) is 0.802. The summed E-state index contributed by atoms with van der Waals surface area (Å²) >= 11 is 0. The molecule has 3 N–H and O–H groups in total. The minimum absolute atomic E-state index is 0.122. The summed E-state index contributed by atoms with van der Waals surface area (Å²) in [5.41, 5.74) is 8.53. The van der Waals surface area contributed by atoms with Gasteiger partial charge in [0.1, 0.15) is 0 Å². The van der Waals surface area contributed by atoms with Crippen LogP contribution >= 0.6 is 0 Å². The van der Waals surface area contributed by atoms with Crippen molar-refractivity contribution in [2.45, 2.75) is 46.5 Å². The number of H-pyrrole nitrogens is 1. The van der Waals surface area contributed by atoms with Crippen LogP contribution in [0.25, 0.3) is 0 Å². The lowest BCUT2D eigenvalue weighted by Crippen LogP contribution is -2.27. The van der Waals surface area contributed by atoms with Gasteiger partial charge in [0.25, 0.3) is 0 Å². The Hall–Kier alpha value is -0.830. The highest BCUT2D eigenvalue weighted by molar-refractivity contribution is 5.24. The molecule has 0 amide bonds. The number of rotatable bonds is 3. The van der Waals surface area contributed by atoms with Gasteiger partial charge in [0, 0.05) is 11.1 Å². The first-order chi connectivity index (χ1) is 6.76. The fourth-order valence-corrected chi connectivity index (χ4v) is 1.68. The van der Waals surface area contributed by atoms with E-state index in [1.165, 1.54) is 11.3 Å². The van der Waals surface area contributed by atoms with Crippen molar-refractivity contribution in [3.8, 4) is 0 Å². The van der Waals surface area contributed by atoms with Crippen LogP contribution in [0.5, 0.6) is 0 Å². The van der Waals surface area contributed by atoms with Gasteiger partial charge in [-0.25, -0.2) is 0 Å². The second kappa shape index (κ2) is 3.97. The van der Waals surface area contributed by atoms with Crippen LogP contribution in [0.2, 0.25) is 0 Å². The fraction of sp³-hybridized carbons (Fsp3) is 0.750. The van der Waals surface area contributed by atoms with E-state index in [2.05, 4.69) is 44.8 Å². The summed E-state index contributed by atoms with van der Waals surface area (Å²) in [6, 6.07) is 0. The molecule has 3 nitrogen and oxygen atoms in total. The number of nitrogens with zero attached hydrogens (tertiary/aromatic N) is 1. The van der Waals surface area contributed by atoms with Crippen LogP contribution in [-0.2, 0) is 11.8 Å². The maximum atomic E-state index is 5.75. The molecule has 86 valence electrons. The van der Waals surface area contributed by atoms with Crippen molar-refractivity contribution in [3.63, 3.8) is 0 Å². The first-order valence-electron chi connectivity index (χ1n) is 5.49. The molecule has 0 atom stereocenters. The van der Waals surface area contributed by atoms with Crippen molar-refractivity contribution in [1.29, 1.82) is 0 Å². The van der Waals surface area contributed by atoms with Gasteiger partial charge in [0.2, 0.25) is 0 Å². The first-order valence-corrected chi connectivity index (χ1v) is 5.49. The topological polar surface area (TPSA) is 54.7 Å². The van der Waals surface area contributed by atoms with Crippen LogP contribution in [0.4, 0.5) is 0 Å². The van der Waals surface area contributed by atoms with Crippen LogP contribution in [0, 0.1) is 5.41 Å². The molecule has 0 aliphatic carbocycles. The molecule has 0 fully saturated rings. The van der Waals surface area contributed by atoms with Crippen molar-refractivity contribution in [1.82, 2.24) is 10.2 Å². The van der Waals surface area contributed by atoms with Crippen LogP contribution in [0.15, 0.2) is 6.20 Å². The predicted molar refractivity (Wildman–Crippen MR) is 63.8 cm³/mol. The van der Waals surface area contributed by atoms with Gasteiger partial charge in [-0.05, 0) is 23.9 Å². The zero-order valence-electron chi connectivity index (χ0n) is 10.5. The van der Waals surface area contributed by atoms with Gasteiger partial charge < -0.3 is 5.73 Å². The van der Waals surface area contributed by atoms with Gasteiger partial charge in [-0.1, -0.05) is 34.6 Å². The van der Waals surface area contributed by atoms with Crippen LogP contribution in [0.3, 0.4) is 0 Å². The minimum Gasteiger partial charge on any atom is -0.330 e. The third-order valence-corrected chi connectivity index (χ3v) is 2.69. The molecule has 1 rings (SSSR count). The van der Waals surface area contributed by atoms with Gasteiger partial charge in [0.15, 0.2) is 0 Å². The summed E-state index contributed by atoms with van der Waals surface area (Å²) in [4.78, 5) is 0. The molecule has 1 aromatic rings. The molecule has 3 heteroatoms. The zero-order valence-corrected chi connectivity index (χ0v) is 10.5. The third-order valence-electron chi connectivity index (χ3n) is 2.69. The zero-order chi connectivity index (χ0) is 11.7. The molecule has 0 saturated heterocycles.